The van der Waals surface area contributed by atoms with Crippen molar-refractivity contribution >= 4 is 24.4 Å². The molecule has 1 unspecified atom stereocenters. The smallest absolute Gasteiger partial charge is 0.242 e. The zero-order valence-corrected chi connectivity index (χ0v) is 10.1. The first kappa shape index (κ1) is 12.6. The van der Waals surface area contributed by atoms with Gasteiger partial charge in [0.05, 0.1) is 5.25 Å². The molecule has 1 heterocycles. The molecule has 1 aliphatic rings. The van der Waals surface area contributed by atoms with Crippen LogP contribution in [0.5, 0.6) is 0 Å². The summed E-state index contributed by atoms with van der Waals surface area (Å²) in [7, 11) is 0. The van der Waals surface area contributed by atoms with E-state index in [1.165, 1.54) is 24.2 Å². The largest absolute Gasteiger partial charge is 0.282 e. The van der Waals surface area contributed by atoms with E-state index in [-0.39, 0.29) is 18.2 Å². The van der Waals surface area contributed by atoms with Gasteiger partial charge in [0, 0.05) is 13.0 Å². The van der Waals surface area contributed by atoms with Gasteiger partial charge in [-0.2, -0.15) is 12.6 Å². The van der Waals surface area contributed by atoms with E-state index in [0.717, 1.165) is 12.8 Å². The Kier molecular flexibility index (Phi) is 5.15. The van der Waals surface area contributed by atoms with Crippen LogP contribution in [0.4, 0.5) is 0 Å². The number of amides is 2. The highest BCUT2D eigenvalue weighted by molar-refractivity contribution is 7.81. The van der Waals surface area contributed by atoms with Gasteiger partial charge in [0.2, 0.25) is 11.8 Å². The molecule has 0 saturated carbocycles. The Morgan fingerprint density at radius 3 is 2.47 bits per heavy atom. The Bertz CT molecular complexity index is 243. The quantitative estimate of drug-likeness (QED) is 0.430. The van der Waals surface area contributed by atoms with Crippen LogP contribution < -0.4 is 0 Å². The van der Waals surface area contributed by atoms with Crippen LogP contribution in [0.2, 0.25) is 0 Å². The number of thiol groups is 1. The van der Waals surface area contributed by atoms with Crippen molar-refractivity contribution in [3.63, 3.8) is 0 Å². The third kappa shape index (κ3) is 3.52. The van der Waals surface area contributed by atoms with Gasteiger partial charge < -0.3 is 0 Å². The number of unbranched alkanes of at least 4 members (excludes halogenated alkanes) is 4. The van der Waals surface area contributed by atoms with E-state index in [9.17, 15) is 9.59 Å². The number of likely N-dealkylation sites (tertiary alicyclic amines) is 1. The highest BCUT2D eigenvalue weighted by Crippen LogP contribution is 2.18. The van der Waals surface area contributed by atoms with Gasteiger partial charge in [-0.25, -0.2) is 0 Å². The molecule has 0 aromatic rings. The molecule has 0 aromatic heterocycles. The summed E-state index contributed by atoms with van der Waals surface area (Å²) in [6.07, 6.45) is 5.94. The Morgan fingerprint density at radius 1 is 1.27 bits per heavy atom. The van der Waals surface area contributed by atoms with Gasteiger partial charge in [0.1, 0.15) is 0 Å². The van der Waals surface area contributed by atoms with Gasteiger partial charge in [-0.15, -0.1) is 0 Å². The van der Waals surface area contributed by atoms with Crippen LogP contribution in [0.1, 0.15) is 45.4 Å². The first-order valence-corrected chi connectivity index (χ1v) is 6.20. The average molecular weight is 229 g/mol. The Balaban J connectivity index is 2.21. The van der Waals surface area contributed by atoms with Crippen molar-refractivity contribution in [3.8, 4) is 0 Å². The summed E-state index contributed by atoms with van der Waals surface area (Å²) in [5.41, 5.74) is 0. The molecule has 1 atom stereocenters. The monoisotopic (exact) mass is 229 g/mol. The molecule has 1 fully saturated rings. The lowest BCUT2D eigenvalue weighted by molar-refractivity contribution is -0.138. The van der Waals surface area contributed by atoms with E-state index < -0.39 is 5.25 Å². The molecule has 1 aliphatic heterocycles. The number of carbonyl (C=O) groups is 2. The van der Waals surface area contributed by atoms with Crippen molar-refractivity contribution in [2.24, 2.45) is 0 Å². The topological polar surface area (TPSA) is 37.4 Å². The van der Waals surface area contributed by atoms with Crippen molar-refractivity contribution in [1.29, 1.82) is 0 Å². The van der Waals surface area contributed by atoms with Crippen LogP contribution >= 0.6 is 12.6 Å². The third-order valence-electron chi connectivity index (χ3n) is 2.71. The van der Waals surface area contributed by atoms with E-state index in [1.807, 2.05) is 0 Å². The molecule has 0 N–H and O–H groups in total. The Hall–Kier alpha value is -0.510. The van der Waals surface area contributed by atoms with Crippen LogP contribution in [-0.2, 0) is 9.59 Å². The Morgan fingerprint density at radius 2 is 1.93 bits per heavy atom. The summed E-state index contributed by atoms with van der Waals surface area (Å²) in [5, 5.41) is -0.395. The molecular formula is C11H19NO2S. The van der Waals surface area contributed by atoms with Crippen LogP contribution in [0.15, 0.2) is 0 Å². The maximum absolute atomic E-state index is 11.5. The van der Waals surface area contributed by atoms with Crippen LogP contribution in [0, 0.1) is 0 Å². The predicted octanol–water partition coefficient (Wildman–Crippen LogP) is 2.01. The van der Waals surface area contributed by atoms with Crippen LogP contribution in [-0.4, -0.2) is 28.5 Å². The van der Waals surface area contributed by atoms with E-state index in [0.29, 0.717) is 6.54 Å². The van der Waals surface area contributed by atoms with Crippen molar-refractivity contribution in [2.75, 3.05) is 6.54 Å². The predicted molar refractivity (Wildman–Crippen MR) is 62.9 cm³/mol. The van der Waals surface area contributed by atoms with Gasteiger partial charge in [-0.3, -0.25) is 14.5 Å². The molecule has 2 amide bonds. The maximum Gasteiger partial charge on any atom is 0.242 e. The molecule has 3 nitrogen and oxygen atoms in total. The fourth-order valence-electron chi connectivity index (χ4n) is 1.77. The number of nitrogens with zero attached hydrogens (tertiary/aromatic N) is 1. The minimum Gasteiger partial charge on any atom is -0.282 e. The molecule has 15 heavy (non-hydrogen) atoms. The standard InChI is InChI=1S/C11H19NO2S/c1-2-3-4-5-6-7-12-10(13)8-9(15)11(12)14/h9,15H,2-8H2,1H3. The van der Waals surface area contributed by atoms with Gasteiger partial charge in [0.15, 0.2) is 0 Å². The fraction of sp³-hybridized carbons (Fsp3) is 0.818. The lowest BCUT2D eigenvalue weighted by Crippen LogP contribution is -2.31. The molecule has 86 valence electrons. The lowest BCUT2D eigenvalue weighted by atomic mass is 10.1. The first-order valence-electron chi connectivity index (χ1n) is 5.69. The number of hydrogen-bond acceptors (Lipinski definition) is 3. The molecule has 4 heteroatoms. The number of hydrogen-bond donors (Lipinski definition) is 1. The summed E-state index contributed by atoms with van der Waals surface area (Å²) >= 11 is 4.07. The number of imide groups is 1. The average Bonchev–Trinajstić information content (AvgIpc) is 2.44. The summed E-state index contributed by atoms with van der Waals surface area (Å²) in [4.78, 5) is 24.2. The van der Waals surface area contributed by atoms with E-state index in [4.69, 9.17) is 0 Å². The van der Waals surface area contributed by atoms with Gasteiger partial charge in [0.25, 0.3) is 0 Å². The second-order valence-electron chi connectivity index (χ2n) is 4.02. The van der Waals surface area contributed by atoms with Crippen LogP contribution in [0.3, 0.4) is 0 Å². The summed E-state index contributed by atoms with van der Waals surface area (Å²) in [5.74, 6) is -0.172. The molecule has 0 spiro atoms. The first-order chi connectivity index (χ1) is 7.16. The number of carbonyl (C=O) groups excluding carboxylic acids is 2. The van der Waals surface area contributed by atoms with E-state index >= 15 is 0 Å². The minimum atomic E-state index is -0.395. The van der Waals surface area contributed by atoms with Gasteiger partial charge in [-0.1, -0.05) is 32.6 Å². The molecule has 0 radical (unpaired) electrons. The Labute approximate surface area is 96.6 Å². The molecule has 0 aromatic carbocycles. The number of rotatable bonds is 6. The van der Waals surface area contributed by atoms with Crippen molar-refractivity contribution in [2.45, 2.75) is 50.7 Å². The molecule has 0 bridgehead atoms. The second kappa shape index (κ2) is 6.16. The maximum atomic E-state index is 11.5. The van der Waals surface area contributed by atoms with Gasteiger partial charge >= 0.3 is 0 Å². The van der Waals surface area contributed by atoms with Crippen molar-refractivity contribution in [1.82, 2.24) is 4.90 Å². The molecule has 1 rings (SSSR count). The molecule has 1 saturated heterocycles. The van der Waals surface area contributed by atoms with Crippen molar-refractivity contribution in [3.05, 3.63) is 0 Å². The zero-order valence-electron chi connectivity index (χ0n) is 9.24. The SMILES string of the molecule is CCCCCCCN1C(=O)CC(S)C1=O. The normalized spacial score (nSPS) is 21.5. The van der Waals surface area contributed by atoms with Gasteiger partial charge in [-0.05, 0) is 6.42 Å². The summed E-state index contributed by atoms with van der Waals surface area (Å²) < 4.78 is 0. The van der Waals surface area contributed by atoms with Crippen LogP contribution in [0.25, 0.3) is 0 Å². The molecular weight excluding hydrogens is 210 g/mol. The van der Waals surface area contributed by atoms with E-state index in [2.05, 4.69) is 19.6 Å². The fourth-order valence-corrected chi connectivity index (χ4v) is 2.07. The second-order valence-corrected chi connectivity index (χ2v) is 4.64. The van der Waals surface area contributed by atoms with Crippen molar-refractivity contribution < 1.29 is 9.59 Å². The van der Waals surface area contributed by atoms with E-state index in [1.54, 1.807) is 0 Å². The summed E-state index contributed by atoms with van der Waals surface area (Å²) in [6.45, 7) is 2.75. The highest BCUT2D eigenvalue weighted by atomic mass is 32.1. The highest BCUT2D eigenvalue weighted by Gasteiger charge is 2.35. The molecule has 0 aliphatic carbocycles. The zero-order chi connectivity index (χ0) is 11.3. The minimum absolute atomic E-state index is 0.0597. The third-order valence-corrected chi connectivity index (χ3v) is 3.11. The lowest BCUT2D eigenvalue weighted by Gasteiger charge is -2.13. The summed E-state index contributed by atoms with van der Waals surface area (Å²) in [6, 6.07) is 0.